The van der Waals surface area contributed by atoms with Crippen LogP contribution in [0.5, 0.6) is 0 Å². The standard InChI is InChI=1S/C11H13N5OS/c12-14-10-4-3-9(15-16-10)11(17)13-6-5-8-2-1-7-18-8/h1-4,7H,5-6,12H2,(H,13,17)(H,14,16). The predicted molar refractivity (Wildman–Crippen MR) is 70.2 cm³/mol. The fourth-order valence-corrected chi connectivity index (χ4v) is 2.08. The molecular weight excluding hydrogens is 250 g/mol. The van der Waals surface area contributed by atoms with Gasteiger partial charge in [0.1, 0.15) is 0 Å². The van der Waals surface area contributed by atoms with E-state index in [9.17, 15) is 4.79 Å². The fourth-order valence-electron chi connectivity index (χ4n) is 1.37. The number of aromatic nitrogens is 2. The van der Waals surface area contributed by atoms with Crippen molar-refractivity contribution in [2.75, 3.05) is 12.0 Å². The Kier molecular flexibility index (Phi) is 4.21. The zero-order valence-electron chi connectivity index (χ0n) is 9.59. The third-order valence-electron chi connectivity index (χ3n) is 2.28. The minimum atomic E-state index is -0.234. The third kappa shape index (κ3) is 3.25. The van der Waals surface area contributed by atoms with Crippen molar-refractivity contribution >= 4 is 23.1 Å². The Morgan fingerprint density at radius 3 is 2.83 bits per heavy atom. The lowest BCUT2D eigenvalue weighted by molar-refractivity contribution is 0.0948. The lowest BCUT2D eigenvalue weighted by Gasteiger charge is -2.03. The molecule has 0 saturated heterocycles. The summed E-state index contributed by atoms with van der Waals surface area (Å²) in [5, 5.41) is 12.3. The van der Waals surface area contributed by atoms with E-state index in [1.165, 1.54) is 4.88 Å². The molecule has 2 aromatic heterocycles. The molecule has 0 fully saturated rings. The van der Waals surface area contributed by atoms with E-state index < -0.39 is 0 Å². The quantitative estimate of drug-likeness (QED) is 0.548. The van der Waals surface area contributed by atoms with Gasteiger partial charge in [0.2, 0.25) is 0 Å². The number of anilines is 1. The van der Waals surface area contributed by atoms with Gasteiger partial charge < -0.3 is 10.7 Å². The van der Waals surface area contributed by atoms with Crippen LogP contribution in [0.25, 0.3) is 0 Å². The number of amides is 1. The molecule has 6 nitrogen and oxygen atoms in total. The Morgan fingerprint density at radius 1 is 1.33 bits per heavy atom. The first-order valence-electron chi connectivity index (χ1n) is 5.40. The summed E-state index contributed by atoms with van der Waals surface area (Å²) >= 11 is 1.67. The molecule has 4 N–H and O–H groups in total. The van der Waals surface area contributed by atoms with Crippen LogP contribution in [0.3, 0.4) is 0 Å². The molecular formula is C11H13N5OS. The van der Waals surface area contributed by atoms with Gasteiger partial charge in [-0.05, 0) is 30.0 Å². The van der Waals surface area contributed by atoms with Gasteiger partial charge in [-0.25, -0.2) is 5.84 Å². The van der Waals surface area contributed by atoms with Crippen LogP contribution in [-0.2, 0) is 6.42 Å². The predicted octanol–water partition coefficient (Wildman–Crippen LogP) is 0.796. The molecule has 0 spiro atoms. The minimum absolute atomic E-state index is 0.234. The molecule has 18 heavy (non-hydrogen) atoms. The summed E-state index contributed by atoms with van der Waals surface area (Å²) in [5.74, 6) is 5.35. The maximum Gasteiger partial charge on any atom is 0.271 e. The van der Waals surface area contributed by atoms with E-state index in [-0.39, 0.29) is 11.6 Å². The summed E-state index contributed by atoms with van der Waals surface area (Å²) in [7, 11) is 0. The molecule has 7 heteroatoms. The zero-order valence-corrected chi connectivity index (χ0v) is 10.4. The first-order valence-corrected chi connectivity index (χ1v) is 6.28. The third-order valence-corrected chi connectivity index (χ3v) is 3.22. The number of nitrogen functional groups attached to an aromatic ring is 1. The normalized spacial score (nSPS) is 10.1. The second kappa shape index (κ2) is 6.08. The Balaban J connectivity index is 1.83. The van der Waals surface area contributed by atoms with Crippen LogP contribution >= 0.6 is 11.3 Å². The molecule has 94 valence electrons. The smallest absolute Gasteiger partial charge is 0.271 e. The zero-order chi connectivity index (χ0) is 12.8. The summed E-state index contributed by atoms with van der Waals surface area (Å²) < 4.78 is 0. The lowest BCUT2D eigenvalue weighted by Crippen LogP contribution is -2.26. The molecule has 0 radical (unpaired) electrons. The highest BCUT2D eigenvalue weighted by molar-refractivity contribution is 7.09. The van der Waals surface area contributed by atoms with Crippen LogP contribution in [0.2, 0.25) is 0 Å². The van der Waals surface area contributed by atoms with Gasteiger partial charge >= 0.3 is 0 Å². The summed E-state index contributed by atoms with van der Waals surface area (Å²) in [6, 6.07) is 7.20. The molecule has 0 aliphatic rings. The van der Waals surface area contributed by atoms with Gasteiger partial charge in [0.05, 0.1) is 0 Å². The van der Waals surface area contributed by atoms with E-state index in [0.717, 1.165) is 6.42 Å². The second-order valence-corrected chi connectivity index (χ2v) is 4.57. The molecule has 0 unspecified atom stereocenters. The molecule has 2 rings (SSSR count). The molecule has 0 saturated carbocycles. The van der Waals surface area contributed by atoms with Gasteiger partial charge in [-0.2, -0.15) is 0 Å². The molecule has 0 atom stereocenters. The second-order valence-electron chi connectivity index (χ2n) is 3.53. The topological polar surface area (TPSA) is 92.9 Å². The number of carbonyl (C=O) groups excluding carboxylic acids is 1. The molecule has 0 aliphatic carbocycles. The van der Waals surface area contributed by atoms with Gasteiger partial charge in [0.15, 0.2) is 11.5 Å². The molecule has 2 aromatic rings. The average Bonchev–Trinajstić information content (AvgIpc) is 2.92. The van der Waals surface area contributed by atoms with Crippen molar-refractivity contribution in [3.8, 4) is 0 Å². The van der Waals surface area contributed by atoms with E-state index in [1.807, 2.05) is 17.5 Å². The number of hydrogen-bond donors (Lipinski definition) is 3. The van der Waals surface area contributed by atoms with Crippen LogP contribution in [0.15, 0.2) is 29.6 Å². The highest BCUT2D eigenvalue weighted by Gasteiger charge is 2.07. The summed E-state index contributed by atoms with van der Waals surface area (Å²) in [6.45, 7) is 0.581. The molecule has 0 bridgehead atoms. The number of hydrogen-bond acceptors (Lipinski definition) is 6. The van der Waals surface area contributed by atoms with E-state index in [1.54, 1.807) is 23.5 Å². The molecule has 0 aliphatic heterocycles. The van der Waals surface area contributed by atoms with E-state index in [4.69, 9.17) is 5.84 Å². The van der Waals surface area contributed by atoms with Gasteiger partial charge in [-0.3, -0.25) is 4.79 Å². The number of nitrogens with one attached hydrogen (secondary N) is 2. The van der Waals surface area contributed by atoms with E-state index >= 15 is 0 Å². The number of hydrazine groups is 1. The van der Waals surface area contributed by atoms with Crippen molar-refractivity contribution in [2.24, 2.45) is 5.84 Å². The van der Waals surface area contributed by atoms with Gasteiger partial charge in [-0.1, -0.05) is 6.07 Å². The van der Waals surface area contributed by atoms with Crippen molar-refractivity contribution in [1.29, 1.82) is 0 Å². The van der Waals surface area contributed by atoms with Crippen molar-refractivity contribution in [1.82, 2.24) is 15.5 Å². The maximum atomic E-state index is 11.7. The first-order chi connectivity index (χ1) is 8.79. The van der Waals surface area contributed by atoms with E-state index in [2.05, 4.69) is 20.9 Å². The highest BCUT2D eigenvalue weighted by atomic mass is 32.1. The molecule has 2 heterocycles. The minimum Gasteiger partial charge on any atom is -0.350 e. The first kappa shape index (κ1) is 12.5. The van der Waals surface area contributed by atoms with Gasteiger partial charge in [0.25, 0.3) is 5.91 Å². The Bertz CT molecular complexity index is 497. The van der Waals surface area contributed by atoms with Gasteiger partial charge in [0, 0.05) is 11.4 Å². The van der Waals surface area contributed by atoms with Crippen LogP contribution in [-0.4, -0.2) is 22.6 Å². The SMILES string of the molecule is NNc1ccc(C(=O)NCCc2cccs2)nn1. The summed E-state index contributed by atoms with van der Waals surface area (Å²) in [6.07, 6.45) is 0.819. The Labute approximate surface area is 108 Å². The largest absolute Gasteiger partial charge is 0.350 e. The number of rotatable bonds is 5. The number of nitrogens with zero attached hydrogens (tertiary/aromatic N) is 2. The van der Waals surface area contributed by atoms with Crippen LogP contribution in [0.4, 0.5) is 5.82 Å². The van der Waals surface area contributed by atoms with Crippen molar-refractivity contribution in [2.45, 2.75) is 6.42 Å². The van der Waals surface area contributed by atoms with Crippen LogP contribution in [0, 0.1) is 0 Å². The summed E-state index contributed by atoms with van der Waals surface area (Å²) in [4.78, 5) is 13.0. The van der Waals surface area contributed by atoms with Crippen LogP contribution < -0.4 is 16.6 Å². The Hall–Kier alpha value is -1.99. The fraction of sp³-hybridized carbons (Fsp3) is 0.182. The number of carbonyl (C=O) groups is 1. The number of thiophene rings is 1. The van der Waals surface area contributed by atoms with E-state index in [0.29, 0.717) is 12.4 Å². The highest BCUT2D eigenvalue weighted by Crippen LogP contribution is 2.08. The number of nitrogens with two attached hydrogens (primary N) is 1. The molecule has 1 amide bonds. The molecule has 0 aromatic carbocycles. The monoisotopic (exact) mass is 263 g/mol. The Morgan fingerprint density at radius 2 is 2.22 bits per heavy atom. The average molecular weight is 263 g/mol. The van der Waals surface area contributed by atoms with Crippen LogP contribution in [0.1, 0.15) is 15.4 Å². The lowest BCUT2D eigenvalue weighted by atomic mass is 10.3. The van der Waals surface area contributed by atoms with Crippen molar-refractivity contribution in [3.05, 3.63) is 40.2 Å². The van der Waals surface area contributed by atoms with Crippen molar-refractivity contribution in [3.63, 3.8) is 0 Å². The van der Waals surface area contributed by atoms with Crippen molar-refractivity contribution < 1.29 is 4.79 Å². The summed E-state index contributed by atoms with van der Waals surface area (Å²) in [5.41, 5.74) is 2.63. The van der Waals surface area contributed by atoms with Gasteiger partial charge in [-0.15, -0.1) is 21.5 Å². The maximum absolute atomic E-state index is 11.7.